The van der Waals surface area contributed by atoms with E-state index in [1.165, 1.54) is 22.8 Å². The fourth-order valence-electron chi connectivity index (χ4n) is 6.92. The minimum Gasteiger partial charge on any atom is -0.305 e. The van der Waals surface area contributed by atoms with Crippen LogP contribution >= 0.6 is 7.92 Å². The van der Waals surface area contributed by atoms with Crippen molar-refractivity contribution in [1.82, 2.24) is 4.90 Å². The van der Waals surface area contributed by atoms with Crippen molar-refractivity contribution in [3.05, 3.63) is 150 Å². The molecule has 2 bridgehead atoms. The molecule has 5 atom stereocenters. The molecule has 0 aromatic heterocycles. The second kappa shape index (κ2) is 17.9. The molecule has 0 radical (unpaired) electrons. The van der Waals surface area contributed by atoms with Gasteiger partial charge in [-0.1, -0.05) is 18.2 Å². The summed E-state index contributed by atoms with van der Waals surface area (Å²) in [4.78, 5) is 2.21. The van der Waals surface area contributed by atoms with Crippen LogP contribution in [-0.2, 0) is 20.4 Å². The van der Waals surface area contributed by atoms with E-state index in [0.29, 0.717) is 6.04 Å². The summed E-state index contributed by atoms with van der Waals surface area (Å²) in [5, 5.41) is 4.21. The summed E-state index contributed by atoms with van der Waals surface area (Å²) in [5.41, 5.74) is 6.24. The molecule has 0 unspecified atom stereocenters. The second-order valence-corrected chi connectivity index (χ2v) is 20.8. The van der Waals surface area contributed by atoms with E-state index in [9.17, 15) is 0 Å². The van der Waals surface area contributed by atoms with Crippen LogP contribution in [0, 0.1) is 16.3 Å². The van der Waals surface area contributed by atoms with E-state index in [4.69, 9.17) is 18.6 Å². The Morgan fingerprint density at radius 2 is 1.22 bits per heavy atom. The zero-order valence-corrected chi connectivity index (χ0v) is 33.4. The summed E-state index contributed by atoms with van der Waals surface area (Å²) in [6, 6.07) is 50.6. The molecular formula is C40H42AsClNO4PPd. The first-order valence-electron chi connectivity index (χ1n) is 16.0. The van der Waals surface area contributed by atoms with E-state index >= 15 is 0 Å². The van der Waals surface area contributed by atoms with Crippen LogP contribution in [-0.4, -0.2) is 45.0 Å². The van der Waals surface area contributed by atoms with Crippen LogP contribution in [0.3, 0.4) is 0 Å². The van der Waals surface area contributed by atoms with E-state index in [2.05, 4.69) is 167 Å². The molecule has 0 spiro atoms. The van der Waals surface area contributed by atoms with E-state index < -0.39 is 24.9 Å². The van der Waals surface area contributed by atoms with E-state index in [0.717, 1.165) is 16.0 Å². The van der Waals surface area contributed by atoms with Crippen molar-refractivity contribution in [2.24, 2.45) is 0 Å². The molecule has 7 rings (SSSR count). The van der Waals surface area contributed by atoms with Gasteiger partial charge in [-0.25, -0.2) is 18.6 Å². The zero-order chi connectivity index (χ0) is 34.4. The minimum atomic E-state index is -4.94. The summed E-state index contributed by atoms with van der Waals surface area (Å²) in [7, 11) is -0.870. The fraction of sp³-hybridized carbons (Fsp3) is 0.250. The summed E-state index contributed by atoms with van der Waals surface area (Å²) in [5.74, 6) is 0. The van der Waals surface area contributed by atoms with Crippen LogP contribution in [0.25, 0.3) is 10.8 Å². The summed E-state index contributed by atoms with van der Waals surface area (Å²) in [6.07, 6.45) is 1.39. The van der Waals surface area contributed by atoms with Gasteiger partial charge in [-0.2, -0.15) is 18.2 Å². The molecule has 258 valence electrons. The topological polar surface area (TPSA) is 95.5 Å². The van der Waals surface area contributed by atoms with Crippen molar-refractivity contribution in [3.8, 4) is 0 Å². The SMILES string of the molecule is CC1=C(C)[C@@H]2[C@@H]([As](c3ccccc3)c3ccccc3)C[C@H]1[P@@]2c1ccccc1.C[C@@H](c1[c-]ccc2ccccc12)N(C)C.[O-][Cl+3]([O-])([O-])[O-].[Pd+2]. The van der Waals surface area contributed by atoms with E-state index in [1.807, 2.05) is 6.07 Å². The molecule has 0 aliphatic carbocycles. The zero-order valence-electron chi connectivity index (χ0n) is 28.3. The van der Waals surface area contributed by atoms with Gasteiger partial charge in [-0.3, -0.25) is 0 Å². The van der Waals surface area contributed by atoms with Gasteiger partial charge in [-0.05, 0) is 21.0 Å². The third-order valence-electron chi connectivity index (χ3n) is 9.43. The van der Waals surface area contributed by atoms with Crippen molar-refractivity contribution in [2.75, 3.05) is 14.1 Å². The van der Waals surface area contributed by atoms with Gasteiger partial charge < -0.3 is 4.90 Å². The van der Waals surface area contributed by atoms with Gasteiger partial charge in [0.25, 0.3) is 0 Å². The second-order valence-electron chi connectivity index (χ2n) is 12.4. The molecule has 5 nitrogen and oxygen atoms in total. The first kappa shape index (κ1) is 39.6. The van der Waals surface area contributed by atoms with Crippen molar-refractivity contribution in [2.45, 2.75) is 49.3 Å². The van der Waals surface area contributed by atoms with Crippen LogP contribution in [0.2, 0.25) is 4.71 Å². The molecule has 2 aliphatic rings. The van der Waals surface area contributed by atoms with Gasteiger partial charge in [0.2, 0.25) is 0 Å². The normalized spacial score (nSPS) is 20.3. The standard InChI is InChI=1S/C26H26AsP.C14H16N.ClHO4.Pd/c1-19-20(2)26-24(18-25(19)28(26)23-16-10-5-11-17-23)27(21-12-6-3-7-13-21)22-14-8-4-9-15-22;1-11(15(2)3)13-10-6-8-12-7-4-5-9-14(12)13;2-1(3,4)5;/h3-17,24-26H,18H2,1-2H3;4-9,11H,1-3H3;(H,2,3,4,5);/q;-1;;+2/p-1/t24-,25+,26+,28+;11-;;/m00../s1. The number of halogens is 1. The van der Waals surface area contributed by atoms with Crippen LogP contribution < -0.4 is 32.6 Å². The summed E-state index contributed by atoms with van der Waals surface area (Å²) >= 11 is -1.38. The number of hydrogen-bond donors (Lipinski definition) is 0. The minimum absolute atomic E-state index is 0. The predicted octanol–water partition coefficient (Wildman–Crippen LogP) is 3.47. The summed E-state index contributed by atoms with van der Waals surface area (Å²) < 4.78 is 38.0. The Kier molecular flexibility index (Phi) is 14.4. The number of fused-ring (bicyclic) bond motifs is 3. The van der Waals surface area contributed by atoms with Gasteiger partial charge in [0.15, 0.2) is 0 Å². The monoisotopic (exact) mass is 847 g/mol. The number of hydrogen-bond acceptors (Lipinski definition) is 5. The fourth-order valence-corrected chi connectivity index (χ4v) is 18.9. The molecule has 0 amide bonds. The smallest absolute Gasteiger partial charge is 0.305 e. The van der Waals surface area contributed by atoms with Crippen molar-refractivity contribution >= 4 is 47.4 Å². The Morgan fingerprint density at radius 3 is 1.76 bits per heavy atom. The molecule has 1 saturated heterocycles. The van der Waals surface area contributed by atoms with Crippen molar-refractivity contribution in [3.63, 3.8) is 0 Å². The maximum absolute atomic E-state index is 8.49. The Labute approximate surface area is 313 Å². The number of nitrogens with zero attached hydrogens (tertiary/aromatic N) is 1. The molecule has 49 heavy (non-hydrogen) atoms. The Morgan fingerprint density at radius 1 is 0.735 bits per heavy atom. The third-order valence-corrected chi connectivity index (χ3v) is 19.5. The first-order chi connectivity index (χ1) is 23.0. The van der Waals surface area contributed by atoms with Gasteiger partial charge in [-0.15, -0.1) is 32.6 Å². The van der Waals surface area contributed by atoms with Gasteiger partial charge in [0.05, 0.1) is 0 Å². The molecule has 0 saturated carbocycles. The maximum Gasteiger partial charge on any atom is 2.00 e. The molecule has 0 N–H and O–H groups in total. The predicted molar refractivity (Wildman–Crippen MR) is 190 cm³/mol. The van der Waals surface area contributed by atoms with Crippen LogP contribution in [0.4, 0.5) is 0 Å². The van der Waals surface area contributed by atoms with Crippen LogP contribution in [0.1, 0.15) is 38.8 Å². The average molecular weight is 849 g/mol. The molecule has 9 heteroatoms. The van der Waals surface area contributed by atoms with Crippen molar-refractivity contribution in [1.29, 1.82) is 0 Å². The van der Waals surface area contributed by atoms with E-state index in [1.54, 1.807) is 25.2 Å². The molecular weight excluding hydrogens is 806 g/mol. The molecule has 5 aromatic carbocycles. The van der Waals surface area contributed by atoms with E-state index in [-0.39, 0.29) is 28.3 Å². The van der Waals surface area contributed by atoms with Gasteiger partial charge in [0, 0.05) is 6.04 Å². The first-order valence-corrected chi connectivity index (χ1v) is 21.7. The number of allylic oxidation sites excluding steroid dienone is 2. The molecule has 2 heterocycles. The third kappa shape index (κ3) is 9.80. The summed E-state index contributed by atoms with van der Waals surface area (Å²) in [6.45, 7) is 7.06. The Balaban J connectivity index is 0.000000217. The van der Waals surface area contributed by atoms with Gasteiger partial charge in [0.1, 0.15) is 0 Å². The Hall–Kier alpha value is -2.16. The Bertz CT molecular complexity index is 1760. The van der Waals surface area contributed by atoms with Gasteiger partial charge >= 0.3 is 195 Å². The largest absolute Gasteiger partial charge is 2.00 e. The maximum atomic E-state index is 8.49. The van der Waals surface area contributed by atoms with Crippen molar-refractivity contribution < 1.29 is 49.3 Å². The average Bonchev–Trinajstić information content (AvgIpc) is 3.58. The molecule has 5 aromatic rings. The quantitative estimate of drug-likeness (QED) is 0.113. The van der Waals surface area contributed by atoms with Crippen LogP contribution in [0.5, 0.6) is 0 Å². The number of rotatable bonds is 6. The van der Waals surface area contributed by atoms with Crippen LogP contribution in [0.15, 0.2) is 139 Å². The molecule has 1 fully saturated rings. The number of benzene rings is 5. The molecule has 2 aliphatic heterocycles.